The van der Waals surface area contributed by atoms with Crippen LogP contribution in [0.5, 0.6) is 0 Å². The maximum atomic E-state index is 5.87. The molecule has 1 aromatic rings. The second-order valence-electron chi connectivity index (χ2n) is 4.27. The van der Waals surface area contributed by atoms with Crippen molar-refractivity contribution in [1.29, 1.82) is 0 Å². The standard InChI is InChI=1S/C13H19NO/c14-13-9-5-4-6-11(13)10-15-12-7-2-1-3-8-12/h4-6,9,12H,1-3,7-8,10,14H2. The number of benzene rings is 1. The Labute approximate surface area is 91.4 Å². The summed E-state index contributed by atoms with van der Waals surface area (Å²) in [6, 6.07) is 7.94. The maximum Gasteiger partial charge on any atom is 0.0740 e. The molecule has 82 valence electrons. The van der Waals surface area contributed by atoms with Crippen LogP contribution in [0.4, 0.5) is 5.69 Å². The molecular formula is C13H19NO. The first-order chi connectivity index (χ1) is 7.36. The Morgan fingerprint density at radius 1 is 1.13 bits per heavy atom. The SMILES string of the molecule is Nc1ccccc1COC1CCCCC1. The van der Waals surface area contributed by atoms with E-state index in [-0.39, 0.29) is 0 Å². The minimum absolute atomic E-state index is 0.457. The van der Waals surface area contributed by atoms with Gasteiger partial charge >= 0.3 is 0 Å². The van der Waals surface area contributed by atoms with Gasteiger partial charge in [-0.2, -0.15) is 0 Å². The number of para-hydroxylation sites is 1. The van der Waals surface area contributed by atoms with Gasteiger partial charge in [0.1, 0.15) is 0 Å². The predicted molar refractivity (Wildman–Crippen MR) is 62.5 cm³/mol. The summed E-state index contributed by atoms with van der Waals surface area (Å²) >= 11 is 0. The number of ether oxygens (including phenoxy) is 1. The van der Waals surface area contributed by atoms with Gasteiger partial charge in [0.2, 0.25) is 0 Å². The van der Waals surface area contributed by atoms with Crippen molar-refractivity contribution in [3.05, 3.63) is 29.8 Å². The van der Waals surface area contributed by atoms with Gasteiger partial charge in [0.15, 0.2) is 0 Å². The molecule has 1 aliphatic rings. The largest absolute Gasteiger partial charge is 0.398 e. The second-order valence-corrected chi connectivity index (χ2v) is 4.27. The lowest BCUT2D eigenvalue weighted by Crippen LogP contribution is -2.16. The van der Waals surface area contributed by atoms with E-state index in [0.717, 1.165) is 11.3 Å². The number of nitrogens with two attached hydrogens (primary N) is 1. The summed E-state index contributed by atoms with van der Waals surface area (Å²) in [5.41, 5.74) is 7.81. The first-order valence-corrected chi connectivity index (χ1v) is 5.81. The summed E-state index contributed by atoms with van der Waals surface area (Å²) in [7, 11) is 0. The summed E-state index contributed by atoms with van der Waals surface area (Å²) in [4.78, 5) is 0. The van der Waals surface area contributed by atoms with Crippen molar-refractivity contribution in [3.63, 3.8) is 0 Å². The number of hydrogen-bond donors (Lipinski definition) is 1. The minimum atomic E-state index is 0.457. The van der Waals surface area contributed by atoms with Gasteiger partial charge in [0.25, 0.3) is 0 Å². The van der Waals surface area contributed by atoms with E-state index in [1.165, 1.54) is 32.1 Å². The van der Waals surface area contributed by atoms with Crippen LogP contribution in [0, 0.1) is 0 Å². The maximum absolute atomic E-state index is 5.87. The molecule has 2 N–H and O–H groups in total. The number of rotatable bonds is 3. The van der Waals surface area contributed by atoms with Crippen molar-refractivity contribution in [2.45, 2.75) is 44.8 Å². The van der Waals surface area contributed by atoms with Crippen LogP contribution < -0.4 is 5.73 Å². The Balaban J connectivity index is 1.84. The highest BCUT2D eigenvalue weighted by Crippen LogP contribution is 2.22. The Morgan fingerprint density at radius 2 is 1.87 bits per heavy atom. The predicted octanol–water partition coefficient (Wildman–Crippen LogP) is 3.12. The van der Waals surface area contributed by atoms with Crippen LogP contribution in [0.3, 0.4) is 0 Å². The normalized spacial score (nSPS) is 17.9. The quantitative estimate of drug-likeness (QED) is 0.769. The van der Waals surface area contributed by atoms with Crippen LogP contribution >= 0.6 is 0 Å². The molecule has 1 aromatic carbocycles. The molecule has 0 heterocycles. The molecule has 0 atom stereocenters. The molecule has 0 spiro atoms. The zero-order valence-electron chi connectivity index (χ0n) is 9.11. The third kappa shape index (κ3) is 2.96. The van der Waals surface area contributed by atoms with E-state index in [0.29, 0.717) is 12.7 Å². The zero-order chi connectivity index (χ0) is 10.5. The van der Waals surface area contributed by atoms with E-state index in [4.69, 9.17) is 10.5 Å². The van der Waals surface area contributed by atoms with Crippen LogP contribution in [0.15, 0.2) is 24.3 Å². The van der Waals surface area contributed by atoms with E-state index < -0.39 is 0 Å². The molecule has 2 nitrogen and oxygen atoms in total. The van der Waals surface area contributed by atoms with Gasteiger partial charge in [-0.15, -0.1) is 0 Å². The average molecular weight is 205 g/mol. The monoisotopic (exact) mass is 205 g/mol. The van der Waals surface area contributed by atoms with Gasteiger partial charge in [-0.05, 0) is 18.9 Å². The summed E-state index contributed by atoms with van der Waals surface area (Å²) in [5, 5.41) is 0. The van der Waals surface area contributed by atoms with Gasteiger partial charge in [0, 0.05) is 11.3 Å². The molecule has 1 saturated carbocycles. The molecule has 0 radical (unpaired) electrons. The third-order valence-corrected chi connectivity index (χ3v) is 3.08. The van der Waals surface area contributed by atoms with Crippen LogP contribution in [-0.4, -0.2) is 6.10 Å². The van der Waals surface area contributed by atoms with Crippen molar-refractivity contribution < 1.29 is 4.74 Å². The summed E-state index contributed by atoms with van der Waals surface area (Å²) in [5.74, 6) is 0. The highest BCUT2D eigenvalue weighted by molar-refractivity contribution is 5.45. The van der Waals surface area contributed by atoms with E-state index in [1.54, 1.807) is 0 Å². The van der Waals surface area contributed by atoms with Gasteiger partial charge < -0.3 is 10.5 Å². The summed E-state index contributed by atoms with van der Waals surface area (Å²) in [6.07, 6.45) is 6.88. The fourth-order valence-electron chi connectivity index (χ4n) is 2.11. The first kappa shape index (κ1) is 10.5. The van der Waals surface area contributed by atoms with E-state index in [2.05, 4.69) is 0 Å². The van der Waals surface area contributed by atoms with Crippen molar-refractivity contribution >= 4 is 5.69 Å². The van der Waals surface area contributed by atoms with Crippen molar-refractivity contribution in [2.75, 3.05) is 5.73 Å². The highest BCUT2D eigenvalue weighted by atomic mass is 16.5. The number of nitrogen functional groups attached to an aromatic ring is 1. The molecule has 2 heteroatoms. The first-order valence-electron chi connectivity index (χ1n) is 5.81. The van der Waals surface area contributed by atoms with Crippen LogP contribution in [0.1, 0.15) is 37.7 Å². The summed E-state index contributed by atoms with van der Waals surface area (Å²) in [6.45, 7) is 0.664. The topological polar surface area (TPSA) is 35.2 Å². The van der Waals surface area contributed by atoms with Crippen LogP contribution in [-0.2, 0) is 11.3 Å². The lowest BCUT2D eigenvalue weighted by molar-refractivity contribution is 0.0171. The molecule has 1 aliphatic carbocycles. The van der Waals surface area contributed by atoms with Gasteiger partial charge in [0.05, 0.1) is 12.7 Å². The summed E-state index contributed by atoms with van der Waals surface area (Å²) < 4.78 is 5.87. The zero-order valence-corrected chi connectivity index (χ0v) is 9.11. The fraction of sp³-hybridized carbons (Fsp3) is 0.538. The Morgan fingerprint density at radius 3 is 2.60 bits per heavy atom. The molecule has 0 unspecified atom stereocenters. The lowest BCUT2D eigenvalue weighted by Gasteiger charge is -2.22. The molecule has 0 bridgehead atoms. The van der Waals surface area contributed by atoms with Gasteiger partial charge in [-0.25, -0.2) is 0 Å². The van der Waals surface area contributed by atoms with E-state index in [1.807, 2.05) is 24.3 Å². The Kier molecular flexibility index (Phi) is 3.62. The van der Waals surface area contributed by atoms with Crippen LogP contribution in [0.25, 0.3) is 0 Å². The van der Waals surface area contributed by atoms with E-state index in [9.17, 15) is 0 Å². The highest BCUT2D eigenvalue weighted by Gasteiger charge is 2.13. The van der Waals surface area contributed by atoms with Gasteiger partial charge in [-0.3, -0.25) is 0 Å². The smallest absolute Gasteiger partial charge is 0.0740 e. The molecule has 0 aliphatic heterocycles. The van der Waals surface area contributed by atoms with Crippen molar-refractivity contribution in [3.8, 4) is 0 Å². The fourth-order valence-corrected chi connectivity index (χ4v) is 2.11. The average Bonchev–Trinajstić information content (AvgIpc) is 2.29. The molecule has 1 fully saturated rings. The van der Waals surface area contributed by atoms with Crippen LogP contribution in [0.2, 0.25) is 0 Å². The Bertz CT molecular complexity index is 305. The molecule has 0 aromatic heterocycles. The third-order valence-electron chi connectivity index (χ3n) is 3.08. The minimum Gasteiger partial charge on any atom is -0.398 e. The number of hydrogen-bond acceptors (Lipinski definition) is 2. The molecular weight excluding hydrogens is 186 g/mol. The molecule has 0 amide bonds. The van der Waals surface area contributed by atoms with Crippen molar-refractivity contribution in [2.24, 2.45) is 0 Å². The van der Waals surface area contributed by atoms with Gasteiger partial charge in [-0.1, -0.05) is 37.5 Å². The molecule has 15 heavy (non-hydrogen) atoms. The van der Waals surface area contributed by atoms with Crippen molar-refractivity contribution in [1.82, 2.24) is 0 Å². The molecule has 0 saturated heterocycles. The van der Waals surface area contributed by atoms with E-state index >= 15 is 0 Å². The lowest BCUT2D eigenvalue weighted by atomic mass is 9.98. The number of anilines is 1. The Hall–Kier alpha value is -1.02. The molecule has 2 rings (SSSR count). The second kappa shape index (κ2) is 5.17.